The van der Waals surface area contributed by atoms with Gasteiger partial charge < -0.3 is 0 Å². The maximum Gasteiger partial charge on any atom is 0.264 e. The Hall–Kier alpha value is -1.78. The van der Waals surface area contributed by atoms with Crippen molar-refractivity contribution in [1.82, 2.24) is 4.31 Å². The van der Waals surface area contributed by atoms with Crippen molar-refractivity contribution in [3.8, 4) is 0 Å². The molecule has 2 aromatic rings. The fourth-order valence-corrected chi connectivity index (χ4v) is 5.76. The van der Waals surface area contributed by atoms with Crippen LogP contribution in [0.15, 0.2) is 64.0 Å². The van der Waals surface area contributed by atoms with Gasteiger partial charge in [-0.2, -0.15) is 12.7 Å². The molecule has 0 amide bonds. The van der Waals surface area contributed by atoms with E-state index >= 15 is 0 Å². The predicted molar refractivity (Wildman–Crippen MR) is 133 cm³/mol. The van der Waals surface area contributed by atoms with Gasteiger partial charge in [0.25, 0.3) is 10.1 Å². The molecule has 0 saturated heterocycles. The van der Waals surface area contributed by atoms with Crippen LogP contribution in [0.2, 0.25) is 0 Å². The zero-order valence-electron chi connectivity index (χ0n) is 18.6. The van der Waals surface area contributed by atoms with Crippen molar-refractivity contribution in [2.75, 3.05) is 26.0 Å². The highest BCUT2D eigenvalue weighted by molar-refractivity contribution is 9.11. The van der Waals surface area contributed by atoms with E-state index in [1.165, 1.54) is 4.31 Å². The van der Waals surface area contributed by atoms with Crippen LogP contribution in [-0.4, -0.2) is 47.1 Å². The Morgan fingerprint density at radius 3 is 2.16 bits per heavy atom. The normalized spacial score (nSPS) is 13.2. The van der Waals surface area contributed by atoms with Gasteiger partial charge >= 0.3 is 0 Å². The third-order valence-electron chi connectivity index (χ3n) is 4.55. The number of hydrogen-bond acceptors (Lipinski definition) is 5. The first-order valence-electron chi connectivity index (χ1n) is 9.88. The molecular formula is C23H28BrNO5S2. The number of sulfonamides is 1. The first kappa shape index (κ1) is 26.5. The van der Waals surface area contributed by atoms with Crippen LogP contribution in [0, 0.1) is 20.8 Å². The lowest BCUT2D eigenvalue weighted by atomic mass is 10.1. The van der Waals surface area contributed by atoms with Gasteiger partial charge in [0.1, 0.15) is 0 Å². The summed E-state index contributed by atoms with van der Waals surface area (Å²) in [7, 11) is -7.42. The van der Waals surface area contributed by atoms with Gasteiger partial charge in [-0.3, -0.25) is 4.18 Å². The monoisotopic (exact) mass is 541 g/mol. The molecule has 6 nitrogen and oxygen atoms in total. The summed E-state index contributed by atoms with van der Waals surface area (Å²) in [6, 6.07) is 13.3. The lowest BCUT2D eigenvalue weighted by Crippen LogP contribution is -2.32. The van der Waals surface area contributed by atoms with E-state index in [0.717, 1.165) is 17.4 Å². The van der Waals surface area contributed by atoms with Crippen molar-refractivity contribution in [3.63, 3.8) is 0 Å². The van der Waals surface area contributed by atoms with Crippen LogP contribution in [0.3, 0.4) is 0 Å². The van der Waals surface area contributed by atoms with Gasteiger partial charge in [0.15, 0.2) is 0 Å². The Kier molecular flexibility index (Phi) is 9.41. The molecule has 0 unspecified atom stereocenters. The van der Waals surface area contributed by atoms with Crippen LogP contribution in [0.25, 0.3) is 6.08 Å². The zero-order chi connectivity index (χ0) is 23.9. The smallest absolute Gasteiger partial charge is 0.264 e. The second kappa shape index (κ2) is 11.4. The van der Waals surface area contributed by atoms with Crippen LogP contribution in [0.4, 0.5) is 0 Å². The van der Waals surface area contributed by atoms with Crippen molar-refractivity contribution in [2.24, 2.45) is 0 Å². The van der Waals surface area contributed by atoms with Gasteiger partial charge in [-0.05, 0) is 37.5 Å². The van der Waals surface area contributed by atoms with E-state index in [1.807, 2.05) is 55.5 Å². The summed E-state index contributed by atoms with van der Waals surface area (Å²) in [5, 5.41) is 0. The molecular weight excluding hydrogens is 514 g/mol. The number of rotatable bonds is 10. The minimum Gasteiger partial charge on any atom is -0.265 e. The molecule has 0 atom stereocenters. The molecule has 0 radical (unpaired) electrons. The lowest BCUT2D eigenvalue weighted by molar-refractivity contribution is 0.358. The van der Waals surface area contributed by atoms with Gasteiger partial charge in [-0.25, -0.2) is 8.42 Å². The molecule has 174 valence electrons. The quantitative estimate of drug-likeness (QED) is 0.411. The van der Waals surface area contributed by atoms with Crippen molar-refractivity contribution in [3.05, 3.63) is 81.4 Å². The van der Waals surface area contributed by atoms with Crippen molar-refractivity contribution in [2.45, 2.75) is 25.7 Å². The molecule has 0 aliphatic heterocycles. The molecule has 32 heavy (non-hydrogen) atoms. The highest BCUT2D eigenvalue weighted by atomic mass is 79.9. The minimum absolute atomic E-state index is 0.0436. The van der Waals surface area contributed by atoms with Gasteiger partial charge in [0, 0.05) is 17.6 Å². The number of aryl methyl sites for hydroxylation is 3. The van der Waals surface area contributed by atoms with E-state index in [9.17, 15) is 16.8 Å². The number of halogens is 1. The maximum absolute atomic E-state index is 13.6. The topological polar surface area (TPSA) is 80.8 Å². The molecule has 0 bridgehead atoms. The summed E-state index contributed by atoms with van der Waals surface area (Å²) in [6.07, 6.45) is 6.21. The van der Waals surface area contributed by atoms with E-state index < -0.39 is 20.1 Å². The second-order valence-corrected chi connectivity index (χ2v) is 12.0. The predicted octanol–water partition coefficient (Wildman–Crippen LogP) is 4.57. The molecule has 0 spiro atoms. The summed E-state index contributed by atoms with van der Waals surface area (Å²) >= 11 is 3.26. The fourth-order valence-electron chi connectivity index (χ4n) is 3.27. The Labute approximate surface area is 199 Å². The molecule has 2 aromatic carbocycles. The molecule has 0 aromatic heterocycles. The number of hydrogen-bond donors (Lipinski definition) is 0. The molecule has 0 fully saturated rings. The van der Waals surface area contributed by atoms with E-state index in [0.29, 0.717) is 15.6 Å². The molecule has 2 rings (SSSR count). The largest absolute Gasteiger partial charge is 0.265 e. The highest BCUT2D eigenvalue weighted by Crippen LogP contribution is 2.25. The van der Waals surface area contributed by atoms with Gasteiger partial charge in [-0.15, -0.1) is 0 Å². The van der Waals surface area contributed by atoms with Crippen LogP contribution in [-0.2, 0) is 24.3 Å². The van der Waals surface area contributed by atoms with Crippen LogP contribution >= 0.6 is 15.9 Å². The molecule has 0 aliphatic carbocycles. The van der Waals surface area contributed by atoms with Crippen LogP contribution in [0.1, 0.15) is 22.3 Å². The summed E-state index contributed by atoms with van der Waals surface area (Å²) in [4.78, 5) is 0.285. The Morgan fingerprint density at radius 2 is 1.59 bits per heavy atom. The molecule has 0 aliphatic rings. The number of nitrogens with zero attached hydrogens (tertiary/aromatic N) is 1. The zero-order valence-corrected chi connectivity index (χ0v) is 21.8. The maximum atomic E-state index is 13.6. The average Bonchev–Trinajstić information content (AvgIpc) is 2.68. The van der Waals surface area contributed by atoms with Crippen LogP contribution < -0.4 is 0 Å². The van der Waals surface area contributed by atoms with Crippen molar-refractivity contribution >= 4 is 42.1 Å². The Bertz CT molecular complexity index is 1180. The first-order valence-corrected chi connectivity index (χ1v) is 13.9. The van der Waals surface area contributed by atoms with Gasteiger partial charge in [0.2, 0.25) is 10.0 Å². The molecule has 0 N–H and O–H groups in total. The Balaban J connectivity index is 2.35. The van der Waals surface area contributed by atoms with Crippen molar-refractivity contribution in [1.29, 1.82) is 0 Å². The van der Waals surface area contributed by atoms with E-state index in [1.54, 1.807) is 26.0 Å². The Morgan fingerprint density at radius 1 is 1.00 bits per heavy atom. The minimum atomic E-state index is -3.82. The van der Waals surface area contributed by atoms with Crippen LogP contribution in [0.5, 0.6) is 0 Å². The summed E-state index contributed by atoms with van der Waals surface area (Å²) in [5.41, 5.74) is 3.33. The van der Waals surface area contributed by atoms with Gasteiger partial charge in [-0.1, -0.05) is 82.2 Å². The third-order valence-corrected chi connectivity index (χ3v) is 7.79. The second-order valence-electron chi connectivity index (χ2n) is 7.48. The standard InChI is InChI=1S/C23H28BrNO5S2/c1-18-15-19(2)23(20(3)16-18)32(28,29)25(13-8-11-21-9-6-5-7-10-21)14-12-22(24)17-30-31(4,26)27/h5-12,15-16H,13-14,17H2,1-4H3/b11-8+,22-12-. The summed E-state index contributed by atoms with van der Waals surface area (Å²) < 4.78 is 56.1. The summed E-state index contributed by atoms with van der Waals surface area (Å²) in [6.45, 7) is 5.50. The lowest BCUT2D eigenvalue weighted by Gasteiger charge is -2.22. The van der Waals surface area contributed by atoms with E-state index in [-0.39, 0.29) is 24.6 Å². The molecule has 0 saturated carbocycles. The first-order chi connectivity index (χ1) is 14.9. The van der Waals surface area contributed by atoms with Crippen molar-refractivity contribution < 1.29 is 21.0 Å². The van der Waals surface area contributed by atoms with E-state index in [2.05, 4.69) is 15.9 Å². The third kappa shape index (κ3) is 7.97. The molecule has 9 heteroatoms. The fraction of sp³-hybridized carbons (Fsp3) is 0.304. The molecule has 0 heterocycles. The summed E-state index contributed by atoms with van der Waals surface area (Å²) in [5.74, 6) is 0. The van der Waals surface area contributed by atoms with E-state index in [4.69, 9.17) is 4.18 Å². The number of benzene rings is 2. The SMILES string of the molecule is Cc1cc(C)c(S(=O)(=O)N(C/C=C(\Br)COS(C)(=O)=O)C/C=C/c2ccccc2)c(C)c1. The average molecular weight is 543 g/mol. The van der Waals surface area contributed by atoms with Gasteiger partial charge in [0.05, 0.1) is 17.8 Å². The highest BCUT2D eigenvalue weighted by Gasteiger charge is 2.26.